The zero-order valence-corrected chi connectivity index (χ0v) is 18.1. The smallest absolute Gasteiger partial charge is 0.274 e. The molecule has 3 heterocycles. The Bertz CT molecular complexity index is 1030. The van der Waals surface area contributed by atoms with Crippen LogP contribution in [-0.2, 0) is 9.59 Å². The Kier molecular flexibility index (Phi) is 6.34. The number of nitrogens with one attached hydrogen (secondary N) is 1. The molecule has 2 atom stereocenters. The van der Waals surface area contributed by atoms with E-state index in [0.29, 0.717) is 39.1 Å². The molecule has 2 saturated heterocycles. The standard InChI is InChI=1S/C23H27N5O4/c1-16(17-6-3-2-4-7-17)28-15-18(14-21(28)30)22(31)26-10-5-11-27(13-12-26)23(32)19-8-9-20(29)25-24-19/h2-4,6-9,16,18H,5,10-15H2,1H3,(H,25,29). The van der Waals surface area contributed by atoms with Crippen LogP contribution in [0.25, 0.3) is 0 Å². The summed E-state index contributed by atoms with van der Waals surface area (Å²) in [5.41, 5.74) is 0.862. The van der Waals surface area contributed by atoms with Gasteiger partial charge < -0.3 is 14.7 Å². The van der Waals surface area contributed by atoms with Gasteiger partial charge in [0.15, 0.2) is 0 Å². The highest BCUT2D eigenvalue weighted by atomic mass is 16.2. The van der Waals surface area contributed by atoms with Gasteiger partial charge in [-0.3, -0.25) is 19.2 Å². The van der Waals surface area contributed by atoms with Crippen molar-refractivity contribution in [3.63, 3.8) is 0 Å². The molecule has 168 valence electrons. The Morgan fingerprint density at radius 2 is 1.72 bits per heavy atom. The number of hydrogen-bond acceptors (Lipinski definition) is 5. The number of likely N-dealkylation sites (tertiary alicyclic amines) is 1. The minimum Gasteiger partial charge on any atom is -0.341 e. The number of H-pyrrole nitrogens is 1. The van der Waals surface area contributed by atoms with Crippen LogP contribution in [0, 0.1) is 5.92 Å². The first-order chi connectivity index (χ1) is 15.4. The van der Waals surface area contributed by atoms with Crippen molar-refractivity contribution >= 4 is 17.7 Å². The summed E-state index contributed by atoms with van der Waals surface area (Å²) in [6.45, 7) is 4.24. The Morgan fingerprint density at radius 3 is 2.44 bits per heavy atom. The molecule has 1 aromatic heterocycles. The molecular weight excluding hydrogens is 410 g/mol. The van der Waals surface area contributed by atoms with Gasteiger partial charge in [-0.15, -0.1) is 0 Å². The second kappa shape index (κ2) is 9.33. The van der Waals surface area contributed by atoms with E-state index >= 15 is 0 Å². The minimum absolute atomic E-state index is 0.00419. The van der Waals surface area contributed by atoms with E-state index in [9.17, 15) is 19.2 Å². The fourth-order valence-corrected chi connectivity index (χ4v) is 4.41. The number of aromatic nitrogens is 2. The van der Waals surface area contributed by atoms with Crippen LogP contribution in [0.4, 0.5) is 0 Å². The minimum atomic E-state index is -0.365. The summed E-state index contributed by atoms with van der Waals surface area (Å²) in [7, 11) is 0. The Morgan fingerprint density at radius 1 is 1.00 bits per heavy atom. The third-order valence-electron chi connectivity index (χ3n) is 6.25. The average Bonchev–Trinajstić information content (AvgIpc) is 3.04. The fraction of sp³-hybridized carbons (Fsp3) is 0.435. The number of aromatic amines is 1. The lowest BCUT2D eigenvalue weighted by Gasteiger charge is -2.27. The van der Waals surface area contributed by atoms with Crippen molar-refractivity contribution in [2.75, 3.05) is 32.7 Å². The van der Waals surface area contributed by atoms with Crippen molar-refractivity contribution in [2.24, 2.45) is 5.92 Å². The van der Waals surface area contributed by atoms with Gasteiger partial charge in [0.25, 0.3) is 11.5 Å². The number of benzene rings is 1. The van der Waals surface area contributed by atoms with Crippen molar-refractivity contribution in [2.45, 2.75) is 25.8 Å². The zero-order chi connectivity index (χ0) is 22.7. The molecule has 2 fully saturated rings. The Labute approximate surface area is 186 Å². The molecule has 0 aliphatic carbocycles. The molecule has 3 amide bonds. The zero-order valence-electron chi connectivity index (χ0n) is 18.1. The average molecular weight is 438 g/mol. The van der Waals surface area contributed by atoms with Crippen LogP contribution in [0.15, 0.2) is 47.3 Å². The predicted octanol–water partition coefficient (Wildman–Crippen LogP) is 1.05. The molecule has 0 spiro atoms. The molecule has 9 heteroatoms. The van der Waals surface area contributed by atoms with E-state index in [1.165, 1.54) is 12.1 Å². The van der Waals surface area contributed by atoms with Crippen LogP contribution in [0.1, 0.15) is 41.9 Å². The van der Waals surface area contributed by atoms with Crippen LogP contribution in [-0.4, -0.2) is 75.3 Å². The topological polar surface area (TPSA) is 107 Å². The van der Waals surface area contributed by atoms with Crippen molar-refractivity contribution in [1.82, 2.24) is 24.9 Å². The summed E-state index contributed by atoms with van der Waals surface area (Å²) >= 11 is 0. The van der Waals surface area contributed by atoms with E-state index in [1.807, 2.05) is 37.3 Å². The molecule has 2 unspecified atom stereocenters. The fourth-order valence-electron chi connectivity index (χ4n) is 4.41. The van der Waals surface area contributed by atoms with Crippen LogP contribution in [0.2, 0.25) is 0 Å². The molecule has 9 nitrogen and oxygen atoms in total. The summed E-state index contributed by atoms with van der Waals surface area (Å²) in [5, 5.41) is 6.08. The van der Waals surface area contributed by atoms with Gasteiger partial charge in [-0.1, -0.05) is 30.3 Å². The SMILES string of the molecule is CC(c1ccccc1)N1CC(C(=O)N2CCCN(C(=O)c3ccc(=O)[nH]n3)CC2)CC1=O. The first-order valence-electron chi connectivity index (χ1n) is 10.9. The third-order valence-corrected chi connectivity index (χ3v) is 6.25. The molecule has 2 aromatic rings. The Hall–Kier alpha value is -3.49. The van der Waals surface area contributed by atoms with Gasteiger partial charge in [-0.25, -0.2) is 5.10 Å². The molecule has 32 heavy (non-hydrogen) atoms. The summed E-state index contributed by atoms with van der Waals surface area (Å²) in [5.74, 6) is -0.667. The Balaban J connectivity index is 1.37. The van der Waals surface area contributed by atoms with Crippen LogP contribution >= 0.6 is 0 Å². The molecule has 2 aliphatic rings. The summed E-state index contributed by atoms with van der Waals surface area (Å²) in [6.07, 6.45) is 0.863. The molecule has 2 aliphatic heterocycles. The van der Waals surface area contributed by atoms with Gasteiger partial charge in [0.1, 0.15) is 5.69 Å². The quantitative estimate of drug-likeness (QED) is 0.770. The first-order valence-corrected chi connectivity index (χ1v) is 10.9. The highest BCUT2D eigenvalue weighted by Gasteiger charge is 2.39. The molecule has 0 radical (unpaired) electrons. The molecule has 0 saturated carbocycles. The monoisotopic (exact) mass is 437 g/mol. The number of rotatable bonds is 4. The molecule has 1 aromatic carbocycles. The summed E-state index contributed by atoms with van der Waals surface area (Å²) in [6, 6.07) is 12.4. The lowest BCUT2D eigenvalue weighted by atomic mass is 10.1. The largest absolute Gasteiger partial charge is 0.341 e. The lowest BCUT2D eigenvalue weighted by Crippen LogP contribution is -2.41. The summed E-state index contributed by atoms with van der Waals surface area (Å²) < 4.78 is 0. The predicted molar refractivity (Wildman–Crippen MR) is 117 cm³/mol. The van der Waals surface area contributed by atoms with E-state index in [1.54, 1.807) is 14.7 Å². The maximum absolute atomic E-state index is 13.2. The van der Waals surface area contributed by atoms with Gasteiger partial charge in [0.2, 0.25) is 11.8 Å². The van der Waals surface area contributed by atoms with Gasteiger partial charge >= 0.3 is 0 Å². The van der Waals surface area contributed by atoms with E-state index in [-0.39, 0.29) is 47.4 Å². The molecular formula is C23H27N5O4. The molecule has 4 rings (SSSR count). The van der Waals surface area contributed by atoms with Crippen molar-refractivity contribution < 1.29 is 14.4 Å². The highest BCUT2D eigenvalue weighted by molar-refractivity contribution is 5.92. The highest BCUT2D eigenvalue weighted by Crippen LogP contribution is 2.29. The number of nitrogens with zero attached hydrogens (tertiary/aromatic N) is 4. The number of carbonyl (C=O) groups is 3. The number of hydrogen-bond donors (Lipinski definition) is 1. The number of amides is 3. The van der Waals surface area contributed by atoms with Crippen molar-refractivity contribution in [3.05, 3.63) is 64.1 Å². The summed E-state index contributed by atoms with van der Waals surface area (Å²) in [4.78, 5) is 54.9. The lowest BCUT2D eigenvalue weighted by molar-refractivity contribution is -0.135. The van der Waals surface area contributed by atoms with Gasteiger partial charge in [-0.05, 0) is 25.0 Å². The maximum Gasteiger partial charge on any atom is 0.274 e. The van der Waals surface area contributed by atoms with Crippen LogP contribution < -0.4 is 5.56 Å². The van der Waals surface area contributed by atoms with Gasteiger partial charge in [0.05, 0.1) is 12.0 Å². The molecule has 0 bridgehead atoms. The van der Waals surface area contributed by atoms with Crippen LogP contribution in [0.3, 0.4) is 0 Å². The second-order valence-corrected chi connectivity index (χ2v) is 8.31. The van der Waals surface area contributed by atoms with Crippen molar-refractivity contribution in [1.29, 1.82) is 0 Å². The second-order valence-electron chi connectivity index (χ2n) is 8.31. The maximum atomic E-state index is 13.2. The van der Waals surface area contributed by atoms with Gasteiger partial charge in [-0.2, -0.15) is 5.10 Å². The van der Waals surface area contributed by atoms with Crippen molar-refractivity contribution in [3.8, 4) is 0 Å². The first kappa shape index (κ1) is 21.7. The van der Waals surface area contributed by atoms with E-state index in [2.05, 4.69) is 10.2 Å². The van der Waals surface area contributed by atoms with E-state index < -0.39 is 0 Å². The van der Waals surface area contributed by atoms with Crippen LogP contribution in [0.5, 0.6) is 0 Å². The van der Waals surface area contributed by atoms with E-state index in [0.717, 1.165) is 5.56 Å². The third kappa shape index (κ3) is 4.56. The van der Waals surface area contributed by atoms with Gasteiger partial charge in [0, 0.05) is 45.2 Å². The normalized spacial score (nSPS) is 20.2. The molecule has 1 N–H and O–H groups in total. The van der Waals surface area contributed by atoms with E-state index in [4.69, 9.17) is 0 Å². The number of carbonyl (C=O) groups excluding carboxylic acids is 3.